The number of hydrogen-bond acceptors (Lipinski definition) is 6. The Kier molecular flexibility index (Phi) is 6.89. The summed E-state index contributed by atoms with van der Waals surface area (Å²) in [7, 11) is -0.515. The van der Waals surface area contributed by atoms with E-state index in [2.05, 4.69) is 14.7 Å². The van der Waals surface area contributed by atoms with Gasteiger partial charge in [-0.2, -0.15) is 8.42 Å². The van der Waals surface area contributed by atoms with Gasteiger partial charge in [0.25, 0.3) is 10.0 Å². The summed E-state index contributed by atoms with van der Waals surface area (Å²) < 4.78 is 34.2. The fourth-order valence-corrected chi connectivity index (χ4v) is 6.23. The fourth-order valence-electron chi connectivity index (χ4n) is 5.25. The molecule has 0 bridgehead atoms. The van der Waals surface area contributed by atoms with Crippen molar-refractivity contribution in [3.05, 3.63) is 76.9 Å². The molecule has 0 aliphatic carbocycles. The zero-order valence-corrected chi connectivity index (χ0v) is 23.1. The van der Waals surface area contributed by atoms with E-state index >= 15 is 0 Å². The van der Waals surface area contributed by atoms with Crippen molar-refractivity contribution in [1.82, 2.24) is 33.0 Å². The number of carbonyl (C=O) groups is 1. The Bertz CT molecular complexity index is 1860. The summed E-state index contributed by atoms with van der Waals surface area (Å²) in [6, 6.07) is 9.14. The van der Waals surface area contributed by atoms with Crippen molar-refractivity contribution >= 4 is 38.0 Å². The number of nitrogens with zero attached hydrogens (tertiary/aromatic N) is 6. The second-order valence-electron chi connectivity index (χ2n) is 9.87. The number of fused-ring (bicyclic) bond motifs is 2. The van der Waals surface area contributed by atoms with E-state index in [1.54, 1.807) is 23.9 Å². The van der Waals surface area contributed by atoms with Crippen LogP contribution in [0.2, 0.25) is 0 Å². The molecule has 11 nitrogen and oxygen atoms in total. The maximum atomic E-state index is 13.9. The molecule has 4 aromatic heterocycles. The van der Waals surface area contributed by atoms with Crippen LogP contribution in [-0.2, 0) is 35.5 Å². The van der Waals surface area contributed by atoms with Gasteiger partial charge in [0, 0.05) is 56.1 Å². The first-order chi connectivity index (χ1) is 18.6. The third kappa shape index (κ3) is 4.87. The normalized spacial score (nSPS) is 12.8. The minimum atomic E-state index is -4.13. The fraction of sp³-hybridized carbons (Fsp3) is 0.333. The van der Waals surface area contributed by atoms with E-state index in [1.165, 1.54) is 21.7 Å². The molecule has 0 radical (unpaired) electrons. The molecule has 0 aliphatic rings. The van der Waals surface area contributed by atoms with Gasteiger partial charge in [-0.05, 0) is 42.7 Å². The van der Waals surface area contributed by atoms with Crippen LogP contribution in [0.15, 0.2) is 65.1 Å². The second-order valence-corrected chi connectivity index (χ2v) is 11.5. The van der Waals surface area contributed by atoms with E-state index in [-0.39, 0.29) is 17.1 Å². The molecule has 0 spiro atoms. The highest BCUT2D eigenvalue weighted by atomic mass is 32.2. The number of hydrogen-bond donors (Lipinski definition) is 1. The standard InChI is InChI=1S/C27H31N7O4S/c1-5-8-20(13-23(35)30-39(37,38)24-16-31(3)17-29-24)34-26-22(11-7-12-28-26)33(27(34)36)15-19-14-32(4)21-10-6-9-18(2)25(19)21/h6-7,9-12,14,16-17,20H,5,8,13,15H2,1-4H3,(H,30,35)/t20-/m0/s1. The summed E-state index contributed by atoms with van der Waals surface area (Å²) in [4.78, 5) is 35.2. The van der Waals surface area contributed by atoms with E-state index in [4.69, 9.17) is 0 Å². The summed E-state index contributed by atoms with van der Waals surface area (Å²) in [5, 5.41) is 0.854. The number of aryl methyl sites for hydroxylation is 3. The Hall–Kier alpha value is -4.19. The van der Waals surface area contributed by atoms with Crippen LogP contribution in [0, 0.1) is 6.92 Å². The predicted molar refractivity (Wildman–Crippen MR) is 148 cm³/mol. The van der Waals surface area contributed by atoms with Crippen LogP contribution < -0.4 is 10.4 Å². The van der Waals surface area contributed by atoms with Crippen molar-refractivity contribution in [1.29, 1.82) is 0 Å². The Morgan fingerprint density at radius 2 is 1.85 bits per heavy atom. The van der Waals surface area contributed by atoms with E-state index in [0.29, 0.717) is 30.6 Å². The number of imidazole rings is 2. The van der Waals surface area contributed by atoms with Gasteiger partial charge in [0.2, 0.25) is 5.91 Å². The smallest absolute Gasteiger partial charge is 0.330 e. The number of nitrogens with one attached hydrogen (secondary N) is 1. The van der Waals surface area contributed by atoms with Gasteiger partial charge in [-0.25, -0.2) is 19.5 Å². The number of carbonyl (C=O) groups excluding carboxylic acids is 1. The molecule has 1 aromatic carbocycles. The zero-order valence-electron chi connectivity index (χ0n) is 22.3. The van der Waals surface area contributed by atoms with Gasteiger partial charge >= 0.3 is 5.69 Å². The Balaban J connectivity index is 1.53. The minimum Gasteiger partial charge on any atom is -0.350 e. The molecule has 1 atom stereocenters. The largest absolute Gasteiger partial charge is 0.350 e. The lowest BCUT2D eigenvalue weighted by atomic mass is 10.1. The van der Waals surface area contributed by atoms with Gasteiger partial charge in [0.15, 0.2) is 10.7 Å². The van der Waals surface area contributed by atoms with Gasteiger partial charge in [-0.3, -0.25) is 13.9 Å². The number of pyridine rings is 1. The first-order valence-corrected chi connectivity index (χ1v) is 14.2. The second kappa shape index (κ2) is 10.2. The summed E-state index contributed by atoms with van der Waals surface area (Å²) in [5.41, 5.74) is 4.01. The molecular weight excluding hydrogens is 518 g/mol. The molecule has 204 valence electrons. The zero-order chi connectivity index (χ0) is 27.9. The van der Waals surface area contributed by atoms with Crippen LogP contribution in [0.25, 0.3) is 22.1 Å². The minimum absolute atomic E-state index is 0.205. The molecule has 0 aliphatic heterocycles. The van der Waals surface area contributed by atoms with Gasteiger partial charge in [0.1, 0.15) is 0 Å². The quantitative estimate of drug-likeness (QED) is 0.301. The number of sulfonamides is 1. The molecule has 1 N–H and O–H groups in total. The third-order valence-electron chi connectivity index (χ3n) is 6.96. The Labute approximate surface area is 225 Å². The Morgan fingerprint density at radius 1 is 1.08 bits per heavy atom. The van der Waals surface area contributed by atoms with Crippen molar-refractivity contribution in [3.63, 3.8) is 0 Å². The summed E-state index contributed by atoms with van der Waals surface area (Å²) in [6.07, 6.45) is 7.26. The molecule has 0 saturated carbocycles. The Morgan fingerprint density at radius 3 is 2.56 bits per heavy atom. The SMILES string of the molecule is CCC[C@@H](CC(=O)NS(=O)(=O)c1cn(C)cn1)n1c(=O)n(Cc2cn(C)c3cccc(C)c23)c2cccnc21. The maximum absolute atomic E-state index is 13.9. The summed E-state index contributed by atoms with van der Waals surface area (Å²) >= 11 is 0. The van der Waals surface area contributed by atoms with E-state index in [0.717, 1.165) is 22.0 Å². The molecule has 0 fully saturated rings. The molecule has 5 rings (SSSR count). The molecule has 5 aromatic rings. The average Bonchev–Trinajstić information content (AvgIpc) is 3.54. The average molecular weight is 550 g/mol. The highest BCUT2D eigenvalue weighted by Gasteiger charge is 2.27. The van der Waals surface area contributed by atoms with Crippen molar-refractivity contribution in [2.75, 3.05) is 0 Å². The number of aromatic nitrogens is 6. The highest BCUT2D eigenvalue weighted by Crippen LogP contribution is 2.27. The summed E-state index contributed by atoms with van der Waals surface area (Å²) in [6.45, 7) is 4.33. The number of rotatable bonds is 9. The molecule has 4 heterocycles. The van der Waals surface area contributed by atoms with Crippen LogP contribution in [0.3, 0.4) is 0 Å². The number of amides is 1. The van der Waals surface area contributed by atoms with Gasteiger partial charge < -0.3 is 9.13 Å². The molecule has 1 amide bonds. The topological polar surface area (TPSA) is 126 Å². The van der Waals surface area contributed by atoms with Crippen LogP contribution in [0.5, 0.6) is 0 Å². The highest BCUT2D eigenvalue weighted by molar-refractivity contribution is 7.90. The first kappa shape index (κ1) is 26.4. The first-order valence-electron chi connectivity index (χ1n) is 12.7. The van der Waals surface area contributed by atoms with Crippen molar-refractivity contribution in [2.24, 2.45) is 14.1 Å². The van der Waals surface area contributed by atoms with Crippen LogP contribution in [-0.4, -0.2) is 42.6 Å². The van der Waals surface area contributed by atoms with Crippen LogP contribution in [0.4, 0.5) is 0 Å². The monoisotopic (exact) mass is 549 g/mol. The lowest BCUT2D eigenvalue weighted by Crippen LogP contribution is -2.35. The third-order valence-corrected chi connectivity index (χ3v) is 8.22. The van der Waals surface area contributed by atoms with Crippen molar-refractivity contribution in [2.45, 2.75) is 50.7 Å². The van der Waals surface area contributed by atoms with Crippen LogP contribution in [0.1, 0.15) is 43.4 Å². The van der Waals surface area contributed by atoms with E-state index < -0.39 is 22.0 Å². The van der Waals surface area contributed by atoms with Gasteiger partial charge in [-0.1, -0.05) is 25.5 Å². The van der Waals surface area contributed by atoms with Crippen molar-refractivity contribution in [3.8, 4) is 0 Å². The molecule has 0 saturated heterocycles. The van der Waals surface area contributed by atoms with Crippen LogP contribution >= 0.6 is 0 Å². The predicted octanol–water partition coefficient (Wildman–Crippen LogP) is 3.02. The van der Waals surface area contributed by atoms with E-state index in [9.17, 15) is 18.0 Å². The van der Waals surface area contributed by atoms with Gasteiger partial charge in [0.05, 0.1) is 18.4 Å². The lowest BCUT2D eigenvalue weighted by molar-refractivity contribution is -0.120. The van der Waals surface area contributed by atoms with E-state index in [1.807, 2.05) is 55.9 Å². The lowest BCUT2D eigenvalue weighted by Gasteiger charge is -2.17. The summed E-state index contributed by atoms with van der Waals surface area (Å²) in [5.74, 6) is -0.715. The maximum Gasteiger partial charge on any atom is 0.330 e. The molecule has 12 heteroatoms. The number of benzene rings is 1. The molecule has 0 unspecified atom stereocenters. The molecular formula is C27H31N7O4S. The van der Waals surface area contributed by atoms with Gasteiger partial charge in [-0.15, -0.1) is 0 Å². The van der Waals surface area contributed by atoms with Crippen molar-refractivity contribution < 1.29 is 13.2 Å². The molecule has 39 heavy (non-hydrogen) atoms.